The van der Waals surface area contributed by atoms with Crippen molar-refractivity contribution in [2.75, 3.05) is 5.32 Å². The number of rotatable bonds is 2. The minimum absolute atomic E-state index is 0.000122. The molecule has 2 saturated heterocycles. The summed E-state index contributed by atoms with van der Waals surface area (Å²) in [6, 6.07) is 8.42. The zero-order chi connectivity index (χ0) is 17.6. The third kappa shape index (κ3) is 3.09. The van der Waals surface area contributed by atoms with Gasteiger partial charge in [0.1, 0.15) is 0 Å². The van der Waals surface area contributed by atoms with E-state index in [0.717, 1.165) is 42.0 Å². The van der Waals surface area contributed by atoms with Crippen molar-refractivity contribution < 1.29 is 4.79 Å². The number of nitrogens with zero attached hydrogens (tertiary/aromatic N) is 3. The van der Waals surface area contributed by atoms with Gasteiger partial charge in [0.05, 0.1) is 16.9 Å². The van der Waals surface area contributed by atoms with Gasteiger partial charge in [-0.2, -0.15) is 10.2 Å². The van der Waals surface area contributed by atoms with E-state index in [0.29, 0.717) is 22.8 Å². The number of halogens is 1. The molecule has 0 saturated carbocycles. The molecular weight excluding hydrogens is 336 g/mol. The molecule has 3 heterocycles. The number of hydrogen-bond acceptors (Lipinski definition) is 3. The van der Waals surface area contributed by atoms with E-state index in [2.05, 4.69) is 22.4 Å². The highest BCUT2D eigenvalue weighted by molar-refractivity contribution is 6.30. The second-order valence-electron chi connectivity index (χ2n) is 7.25. The molecular formula is C19H21ClN4O. The zero-order valence-corrected chi connectivity index (χ0v) is 15.1. The van der Waals surface area contributed by atoms with Crippen LogP contribution >= 0.6 is 11.6 Å². The van der Waals surface area contributed by atoms with Gasteiger partial charge in [0.2, 0.25) is 0 Å². The summed E-state index contributed by atoms with van der Waals surface area (Å²) >= 11 is 6.03. The van der Waals surface area contributed by atoms with Gasteiger partial charge in [-0.1, -0.05) is 24.6 Å². The molecule has 130 valence electrons. The van der Waals surface area contributed by atoms with Crippen molar-refractivity contribution in [3.8, 4) is 11.3 Å². The average Bonchev–Trinajstić information content (AvgIpc) is 2.56. The number of piperidine rings is 1. The number of hydrogen-bond donors (Lipinski definition) is 1. The van der Waals surface area contributed by atoms with Crippen LogP contribution in [0.3, 0.4) is 0 Å². The topological polar surface area (TPSA) is 58.1 Å². The Balaban J connectivity index is 1.54. The van der Waals surface area contributed by atoms with Crippen molar-refractivity contribution in [1.82, 2.24) is 15.1 Å². The van der Waals surface area contributed by atoms with Gasteiger partial charge in [-0.25, -0.2) is 4.79 Å². The molecule has 1 aromatic heterocycles. The fourth-order valence-corrected chi connectivity index (χ4v) is 4.26. The number of fused-ring (bicyclic) bond motifs is 2. The number of aryl methyl sites for hydroxylation is 1. The van der Waals surface area contributed by atoms with Crippen LogP contribution in [0.1, 0.15) is 31.7 Å². The lowest BCUT2D eigenvalue weighted by Gasteiger charge is -2.54. The smallest absolute Gasteiger partial charge is 0.318 e. The van der Waals surface area contributed by atoms with E-state index >= 15 is 0 Å². The number of carbonyl (C=O) groups excluding carboxylic acids is 1. The fourth-order valence-electron chi connectivity index (χ4n) is 4.12. The highest BCUT2D eigenvalue weighted by atomic mass is 35.5. The molecule has 0 aliphatic carbocycles. The van der Waals surface area contributed by atoms with E-state index in [9.17, 15) is 4.79 Å². The largest absolute Gasteiger partial charge is 0.322 e. The second-order valence-corrected chi connectivity index (χ2v) is 7.68. The molecule has 2 bridgehead atoms. The highest BCUT2D eigenvalue weighted by Gasteiger charge is 2.46. The van der Waals surface area contributed by atoms with Crippen molar-refractivity contribution in [3.05, 3.63) is 41.0 Å². The number of urea groups is 1. The molecule has 2 aromatic rings. The molecule has 2 fully saturated rings. The number of amides is 2. The maximum Gasteiger partial charge on any atom is 0.322 e. The van der Waals surface area contributed by atoms with E-state index in [1.165, 1.54) is 6.20 Å². The van der Waals surface area contributed by atoms with Gasteiger partial charge in [0.15, 0.2) is 0 Å². The van der Waals surface area contributed by atoms with E-state index < -0.39 is 0 Å². The third-order valence-corrected chi connectivity index (χ3v) is 5.51. The minimum Gasteiger partial charge on any atom is -0.318 e. The summed E-state index contributed by atoms with van der Waals surface area (Å²) in [6.45, 7) is 4.28. The van der Waals surface area contributed by atoms with Crippen molar-refractivity contribution in [3.63, 3.8) is 0 Å². The van der Waals surface area contributed by atoms with Gasteiger partial charge in [0.25, 0.3) is 0 Å². The van der Waals surface area contributed by atoms with Crippen LogP contribution in [0.15, 0.2) is 30.5 Å². The zero-order valence-electron chi connectivity index (χ0n) is 14.4. The Morgan fingerprint density at radius 1 is 1.24 bits per heavy atom. The van der Waals surface area contributed by atoms with E-state index in [1.54, 1.807) is 6.07 Å². The van der Waals surface area contributed by atoms with Gasteiger partial charge < -0.3 is 10.2 Å². The minimum atomic E-state index is 0.000122. The van der Waals surface area contributed by atoms with Gasteiger partial charge in [-0.3, -0.25) is 0 Å². The molecule has 6 heteroatoms. The number of anilines is 1. The van der Waals surface area contributed by atoms with Crippen molar-refractivity contribution in [1.29, 1.82) is 0 Å². The Morgan fingerprint density at radius 2 is 2.00 bits per heavy atom. The van der Waals surface area contributed by atoms with E-state index in [-0.39, 0.29) is 6.03 Å². The summed E-state index contributed by atoms with van der Waals surface area (Å²) < 4.78 is 0. The van der Waals surface area contributed by atoms with Crippen LogP contribution in [0.2, 0.25) is 5.02 Å². The molecule has 25 heavy (non-hydrogen) atoms. The van der Waals surface area contributed by atoms with E-state index in [1.807, 2.05) is 30.0 Å². The van der Waals surface area contributed by atoms with Crippen molar-refractivity contribution >= 4 is 23.3 Å². The maximum atomic E-state index is 12.7. The first-order valence-electron chi connectivity index (χ1n) is 8.70. The van der Waals surface area contributed by atoms with Crippen molar-refractivity contribution in [2.24, 2.45) is 5.92 Å². The van der Waals surface area contributed by atoms with E-state index in [4.69, 9.17) is 11.6 Å². The average molecular weight is 357 g/mol. The standard InChI is InChI=1S/C19H21ClN4O/c1-11-5-15-9-16(6-11)24(15)19(25)22-14-4-3-12(2)17(8-14)18-7-13(20)10-21-23-18/h3-4,7-8,10-11,15-16H,5-6,9H2,1-2H3,(H,22,25). The molecule has 2 amide bonds. The Hall–Kier alpha value is -2.14. The quantitative estimate of drug-likeness (QED) is 0.861. The predicted molar refractivity (Wildman–Crippen MR) is 98.7 cm³/mol. The SMILES string of the molecule is Cc1ccc(NC(=O)N2C3CC(C)CC2C3)cc1-c1cc(Cl)cnn1. The monoisotopic (exact) mass is 356 g/mol. The molecule has 4 rings (SSSR count). The Labute approximate surface area is 152 Å². The van der Waals surface area contributed by atoms with Crippen LogP contribution in [0, 0.1) is 12.8 Å². The Kier molecular flexibility index (Phi) is 4.12. The fraction of sp³-hybridized carbons (Fsp3) is 0.421. The molecule has 1 N–H and O–H groups in total. The molecule has 5 nitrogen and oxygen atoms in total. The number of carbonyl (C=O) groups is 1. The lowest BCUT2D eigenvalue weighted by molar-refractivity contribution is -0.00600. The van der Waals surface area contributed by atoms with Crippen LogP contribution in [-0.4, -0.2) is 33.2 Å². The van der Waals surface area contributed by atoms with Gasteiger partial charge in [0, 0.05) is 23.3 Å². The normalized spacial score (nSPS) is 24.6. The molecule has 0 radical (unpaired) electrons. The lowest BCUT2D eigenvalue weighted by atomic mass is 9.74. The summed E-state index contributed by atoms with van der Waals surface area (Å²) in [4.78, 5) is 14.7. The molecule has 2 aliphatic heterocycles. The van der Waals surface area contributed by atoms with Gasteiger partial charge >= 0.3 is 6.03 Å². The summed E-state index contributed by atoms with van der Waals surface area (Å²) in [7, 11) is 0. The lowest BCUT2D eigenvalue weighted by Crippen LogP contribution is -2.63. The first-order valence-corrected chi connectivity index (χ1v) is 9.07. The summed E-state index contributed by atoms with van der Waals surface area (Å²) in [6.07, 6.45) is 4.88. The van der Waals surface area contributed by atoms with Crippen LogP contribution in [0.25, 0.3) is 11.3 Å². The second kappa shape index (κ2) is 6.30. The maximum absolute atomic E-state index is 12.7. The summed E-state index contributed by atoms with van der Waals surface area (Å²) in [5, 5.41) is 11.6. The molecule has 0 spiro atoms. The van der Waals surface area contributed by atoms with Crippen LogP contribution in [0.4, 0.5) is 10.5 Å². The number of aromatic nitrogens is 2. The first kappa shape index (κ1) is 16.3. The van der Waals surface area contributed by atoms with Gasteiger partial charge in [-0.15, -0.1) is 0 Å². The third-order valence-electron chi connectivity index (χ3n) is 5.30. The number of benzene rings is 1. The first-order chi connectivity index (χ1) is 12.0. The van der Waals surface area contributed by atoms with Crippen LogP contribution < -0.4 is 5.32 Å². The molecule has 2 aliphatic rings. The highest BCUT2D eigenvalue weighted by Crippen LogP contribution is 2.41. The molecule has 2 unspecified atom stereocenters. The molecule has 2 atom stereocenters. The predicted octanol–water partition coefficient (Wildman–Crippen LogP) is 4.51. The summed E-state index contributed by atoms with van der Waals surface area (Å²) in [5.41, 5.74) is 3.45. The molecule has 1 aromatic carbocycles. The Morgan fingerprint density at radius 3 is 2.72 bits per heavy atom. The summed E-state index contributed by atoms with van der Waals surface area (Å²) in [5.74, 6) is 0.722. The van der Waals surface area contributed by atoms with Crippen LogP contribution in [-0.2, 0) is 0 Å². The Bertz CT molecular complexity index is 813. The van der Waals surface area contributed by atoms with Crippen molar-refractivity contribution in [2.45, 2.75) is 45.2 Å². The van der Waals surface area contributed by atoms with Crippen LogP contribution in [0.5, 0.6) is 0 Å². The van der Waals surface area contributed by atoms with Gasteiger partial charge in [-0.05, 0) is 55.9 Å². The number of nitrogens with one attached hydrogen (secondary N) is 1.